The number of hydrogen-bond donors (Lipinski definition) is 1. The lowest BCUT2D eigenvalue weighted by atomic mass is 10.1. The van der Waals surface area contributed by atoms with E-state index in [1.807, 2.05) is 12.1 Å². The van der Waals surface area contributed by atoms with Gasteiger partial charge in [0.05, 0.1) is 21.3 Å². The smallest absolute Gasteiger partial charge is 0.203 e. The summed E-state index contributed by atoms with van der Waals surface area (Å²) in [4.78, 5) is 2.54. The van der Waals surface area contributed by atoms with Crippen molar-refractivity contribution in [3.05, 3.63) is 17.7 Å². The van der Waals surface area contributed by atoms with E-state index in [4.69, 9.17) is 14.2 Å². The average molecular weight is 308 g/mol. The van der Waals surface area contributed by atoms with Crippen molar-refractivity contribution in [2.75, 3.05) is 41.0 Å². The number of likely N-dealkylation sites (N-methyl/N-ethyl adjacent to an activating group) is 1. The van der Waals surface area contributed by atoms with Crippen LogP contribution in [0.1, 0.15) is 25.3 Å². The van der Waals surface area contributed by atoms with E-state index in [1.54, 1.807) is 21.3 Å². The molecule has 1 aromatic rings. The summed E-state index contributed by atoms with van der Waals surface area (Å²) in [7, 11) is 4.93. The molecule has 1 atom stereocenters. The van der Waals surface area contributed by atoms with E-state index in [0.717, 1.165) is 30.9 Å². The molecular weight excluding hydrogens is 280 g/mol. The molecule has 0 unspecified atom stereocenters. The maximum Gasteiger partial charge on any atom is 0.203 e. The first-order valence-corrected chi connectivity index (χ1v) is 7.97. The number of hydrogen-bond acceptors (Lipinski definition) is 5. The first kappa shape index (κ1) is 16.9. The van der Waals surface area contributed by atoms with Crippen molar-refractivity contribution < 1.29 is 14.2 Å². The van der Waals surface area contributed by atoms with Crippen molar-refractivity contribution >= 4 is 0 Å². The van der Waals surface area contributed by atoms with Crippen LogP contribution in [0, 0.1) is 0 Å². The molecule has 1 fully saturated rings. The van der Waals surface area contributed by atoms with Gasteiger partial charge in [0.2, 0.25) is 5.75 Å². The lowest BCUT2D eigenvalue weighted by Gasteiger charge is -2.23. The van der Waals surface area contributed by atoms with Crippen molar-refractivity contribution in [2.45, 2.75) is 32.4 Å². The number of rotatable bonds is 8. The molecular formula is C17H28N2O3. The molecule has 1 aliphatic rings. The summed E-state index contributed by atoms with van der Waals surface area (Å²) in [6.45, 7) is 6.35. The molecule has 1 saturated heterocycles. The Hall–Kier alpha value is -1.46. The normalized spacial score (nSPS) is 18.5. The Kier molecular flexibility index (Phi) is 6.34. The van der Waals surface area contributed by atoms with Crippen LogP contribution < -0.4 is 19.5 Å². The van der Waals surface area contributed by atoms with E-state index in [2.05, 4.69) is 17.1 Å². The van der Waals surface area contributed by atoms with Crippen molar-refractivity contribution in [2.24, 2.45) is 0 Å². The SMILES string of the molecule is CCN1CCC[C@H]1CNCc1ccc(OC)c(OC)c1OC. The quantitative estimate of drug-likeness (QED) is 0.798. The van der Waals surface area contributed by atoms with Crippen LogP contribution in [0.3, 0.4) is 0 Å². The lowest BCUT2D eigenvalue weighted by Crippen LogP contribution is -2.37. The monoisotopic (exact) mass is 308 g/mol. The van der Waals surface area contributed by atoms with Crippen molar-refractivity contribution in [1.29, 1.82) is 0 Å². The Morgan fingerprint density at radius 3 is 2.55 bits per heavy atom. The molecule has 0 aliphatic carbocycles. The highest BCUT2D eigenvalue weighted by atomic mass is 16.5. The van der Waals surface area contributed by atoms with Crippen LogP contribution in [0.25, 0.3) is 0 Å². The zero-order valence-electron chi connectivity index (χ0n) is 14.1. The summed E-state index contributed by atoms with van der Waals surface area (Å²) in [5.41, 5.74) is 1.08. The first-order valence-electron chi connectivity index (χ1n) is 7.97. The third kappa shape index (κ3) is 3.65. The van der Waals surface area contributed by atoms with Gasteiger partial charge in [-0.3, -0.25) is 4.90 Å². The lowest BCUT2D eigenvalue weighted by molar-refractivity contribution is 0.259. The molecule has 124 valence electrons. The fourth-order valence-corrected chi connectivity index (χ4v) is 3.22. The standard InChI is InChI=1S/C17H28N2O3/c1-5-19-10-6-7-14(19)12-18-11-13-8-9-15(20-2)17(22-4)16(13)21-3/h8-9,14,18H,5-7,10-12H2,1-4H3/t14-/m0/s1. The van der Waals surface area contributed by atoms with Crippen molar-refractivity contribution in [1.82, 2.24) is 10.2 Å². The second kappa shape index (κ2) is 8.25. The number of nitrogens with one attached hydrogen (secondary N) is 1. The van der Waals surface area contributed by atoms with Gasteiger partial charge in [-0.2, -0.15) is 0 Å². The molecule has 1 aromatic carbocycles. The molecule has 0 aromatic heterocycles. The maximum atomic E-state index is 5.52. The molecule has 0 saturated carbocycles. The predicted octanol–water partition coefficient (Wildman–Crippen LogP) is 2.29. The zero-order valence-corrected chi connectivity index (χ0v) is 14.1. The maximum absolute atomic E-state index is 5.52. The van der Waals surface area contributed by atoms with Crippen LogP contribution in [0.15, 0.2) is 12.1 Å². The van der Waals surface area contributed by atoms with Crippen LogP contribution in [-0.2, 0) is 6.54 Å². The molecule has 5 nitrogen and oxygen atoms in total. The van der Waals surface area contributed by atoms with Crippen molar-refractivity contribution in [3.63, 3.8) is 0 Å². The van der Waals surface area contributed by atoms with Crippen LogP contribution >= 0.6 is 0 Å². The molecule has 5 heteroatoms. The van der Waals surface area contributed by atoms with Crippen molar-refractivity contribution in [3.8, 4) is 17.2 Å². The van der Waals surface area contributed by atoms with Crippen LogP contribution in [-0.4, -0.2) is 51.9 Å². The van der Waals surface area contributed by atoms with Crippen LogP contribution in [0.5, 0.6) is 17.2 Å². The third-order valence-corrected chi connectivity index (χ3v) is 4.39. The minimum absolute atomic E-state index is 0.649. The molecule has 0 spiro atoms. The summed E-state index contributed by atoms with van der Waals surface area (Å²) >= 11 is 0. The van der Waals surface area contributed by atoms with Gasteiger partial charge < -0.3 is 19.5 Å². The Morgan fingerprint density at radius 1 is 1.14 bits per heavy atom. The molecule has 1 heterocycles. The molecule has 1 N–H and O–H groups in total. The van der Waals surface area contributed by atoms with Crippen LogP contribution in [0.2, 0.25) is 0 Å². The summed E-state index contributed by atoms with van der Waals surface area (Å²) in [6, 6.07) is 4.60. The van der Waals surface area contributed by atoms with Gasteiger partial charge in [0, 0.05) is 24.7 Å². The number of methoxy groups -OCH3 is 3. The second-order valence-electron chi connectivity index (χ2n) is 5.55. The largest absolute Gasteiger partial charge is 0.493 e. The summed E-state index contributed by atoms with van der Waals surface area (Å²) < 4.78 is 16.3. The van der Waals surface area contributed by atoms with E-state index < -0.39 is 0 Å². The fraction of sp³-hybridized carbons (Fsp3) is 0.647. The van der Waals surface area contributed by atoms with E-state index in [-0.39, 0.29) is 0 Å². The highest BCUT2D eigenvalue weighted by Crippen LogP contribution is 2.39. The summed E-state index contributed by atoms with van der Waals surface area (Å²) in [5, 5.41) is 3.55. The molecule has 2 rings (SSSR count). The van der Waals surface area contributed by atoms with Gasteiger partial charge in [0.25, 0.3) is 0 Å². The van der Waals surface area contributed by atoms with E-state index in [1.165, 1.54) is 19.4 Å². The van der Waals surface area contributed by atoms with Gasteiger partial charge in [-0.1, -0.05) is 13.0 Å². The Morgan fingerprint density at radius 2 is 1.91 bits per heavy atom. The van der Waals surface area contributed by atoms with Gasteiger partial charge >= 0.3 is 0 Å². The highest BCUT2D eigenvalue weighted by Gasteiger charge is 2.22. The molecule has 1 aliphatic heterocycles. The predicted molar refractivity (Wildman–Crippen MR) is 88.1 cm³/mol. The fourth-order valence-electron chi connectivity index (χ4n) is 3.22. The first-order chi connectivity index (χ1) is 10.7. The minimum Gasteiger partial charge on any atom is -0.493 e. The topological polar surface area (TPSA) is 43.0 Å². The average Bonchev–Trinajstić information content (AvgIpc) is 3.01. The second-order valence-corrected chi connectivity index (χ2v) is 5.55. The van der Waals surface area contributed by atoms with Gasteiger partial charge in [-0.15, -0.1) is 0 Å². The highest BCUT2D eigenvalue weighted by molar-refractivity contribution is 5.55. The van der Waals surface area contributed by atoms with Gasteiger partial charge in [0.15, 0.2) is 11.5 Å². The Bertz CT molecular complexity index is 479. The molecule has 0 bridgehead atoms. The van der Waals surface area contributed by atoms with E-state index >= 15 is 0 Å². The number of likely N-dealkylation sites (tertiary alicyclic amines) is 1. The zero-order chi connectivity index (χ0) is 15.9. The summed E-state index contributed by atoms with van der Waals surface area (Å²) in [5.74, 6) is 2.09. The van der Waals surface area contributed by atoms with E-state index in [9.17, 15) is 0 Å². The summed E-state index contributed by atoms with van der Waals surface area (Å²) in [6.07, 6.45) is 2.59. The molecule has 0 radical (unpaired) electrons. The minimum atomic E-state index is 0.649. The molecule has 0 amide bonds. The Labute approximate surface area is 133 Å². The number of benzene rings is 1. The number of nitrogens with zero attached hydrogens (tertiary/aromatic N) is 1. The molecule has 22 heavy (non-hydrogen) atoms. The third-order valence-electron chi connectivity index (χ3n) is 4.39. The van der Waals surface area contributed by atoms with Gasteiger partial charge in [-0.05, 0) is 32.0 Å². The number of ether oxygens (including phenoxy) is 3. The Balaban J connectivity index is 2.00. The van der Waals surface area contributed by atoms with Gasteiger partial charge in [-0.25, -0.2) is 0 Å². The van der Waals surface area contributed by atoms with Crippen LogP contribution in [0.4, 0.5) is 0 Å². The van der Waals surface area contributed by atoms with Gasteiger partial charge in [0.1, 0.15) is 0 Å². The van der Waals surface area contributed by atoms with E-state index in [0.29, 0.717) is 17.5 Å².